The summed E-state index contributed by atoms with van der Waals surface area (Å²) >= 11 is 5.95. The second-order valence-electron chi connectivity index (χ2n) is 4.43. The van der Waals surface area contributed by atoms with Gasteiger partial charge in [-0.1, -0.05) is 6.92 Å². The molecular weight excluding hydrogens is 268 g/mol. The van der Waals surface area contributed by atoms with E-state index in [1.807, 2.05) is 0 Å². The molecule has 19 heavy (non-hydrogen) atoms. The van der Waals surface area contributed by atoms with Gasteiger partial charge in [0.25, 0.3) is 5.56 Å². The van der Waals surface area contributed by atoms with Gasteiger partial charge in [0.2, 0.25) is 5.28 Å². The Morgan fingerprint density at radius 1 is 1.53 bits per heavy atom. The normalized spacial score (nSPS) is 13.1. The highest BCUT2D eigenvalue weighted by molar-refractivity contribution is 6.28. The first-order chi connectivity index (χ1) is 9.10. The number of hydrogen-bond acceptors (Lipinski definition) is 4. The van der Waals surface area contributed by atoms with E-state index in [2.05, 4.69) is 17.0 Å². The van der Waals surface area contributed by atoms with Gasteiger partial charge >= 0.3 is 0 Å². The molecular formula is C12H17ClN4O2. The van der Waals surface area contributed by atoms with Gasteiger partial charge in [-0.15, -0.1) is 5.10 Å². The zero-order chi connectivity index (χ0) is 14.0. The van der Waals surface area contributed by atoms with Crippen LogP contribution in [0.4, 0.5) is 0 Å². The van der Waals surface area contributed by atoms with E-state index in [1.165, 1.54) is 4.57 Å². The molecule has 104 valence electrons. The first kappa shape index (κ1) is 14.0. The summed E-state index contributed by atoms with van der Waals surface area (Å²) in [6.07, 6.45) is 3.29. The third kappa shape index (κ3) is 2.50. The van der Waals surface area contributed by atoms with Crippen LogP contribution in [0.15, 0.2) is 11.0 Å². The first-order valence-electron chi connectivity index (χ1n) is 6.19. The second kappa shape index (κ2) is 5.71. The van der Waals surface area contributed by atoms with E-state index in [9.17, 15) is 4.79 Å². The minimum absolute atomic E-state index is 0.151. The van der Waals surface area contributed by atoms with Crippen molar-refractivity contribution in [2.75, 3.05) is 13.7 Å². The molecule has 0 bridgehead atoms. The van der Waals surface area contributed by atoms with Gasteiger partial charge < -0.3 is 4.74 Å². The van der Waals surface area contributed by atoms with Crippen molar-refractivity contribution in [2.45, 2.75) is 25.7 Å². The average Bonchev–Trinajstić information content (AvgIpc) is 2.81. The summed E-state index contributed by atoms with van der Waals surface area (Å²) in [5.74, 6) is 0.951. The molecule has 2 aromatic rings. The molecule has 6 nitrogen and oxygen atoms in total. The van der Waals surface area contributed by atoms with Crippen LogP contribution < -0.4 is 5.56 Å². The summed E-state index contributed by atoms with van der Waals surface area (Å²) in [5, 5.41) is 4.37. The number of rotatable bonds is 5. The van der Waals surface area contributed by atoms with Crippen LogP contribution >= 0.6 is 11.6 Å². The van der Waals surface area contributed by atoms with Crippen molar-refractivity contribution < 1.29 is 4.74 Å². The quantitative estimate of drug-likeness (QED) is 0.837. The van der Waals surface area contributed by atoms with Gasteiger partial charge in [0.15, 0.2) is 5.52 Å². The lowest BCUT2D eigenvalue weighted by molar-refractivity contribution is 0.185. The molecule has 0 aliphatic rings. The summed E-state index contributed by atoms with van der Waals surface area (Å²) in [4.78, 5) is 16.4. The van der Waals surface area contributed by atoms with E-state index in [0.29, 0.717) is 12.1 Å². The van der Waals surface area contributed by atoms with Gasteiger partial charge in [0.05, 0.1) is 6.20 Å². The molecule has 1 unspecified atom stereocenters. The van der Waals surface area contributed by atoms with Crippen LogP contribution in [0.2, 0.25) is 5.28 Å². The molecule has 1 atom stereocenters. The third-order valence-electron chi connectivity index (χ3n) is 3.28. The number of nitrogens with zero attached hydrogens (tertiary/aromatic N) is 4. The SMILES string of the molecule is CCC(CCOC)c1ncc2c(=O)n(C)c(Cl)nn12. The monoisotopic (exact) mass is 284 g/mol. The molecule has 2 heterocycles. The zero-order valence-corrected chi connectivity index (χ0v) is 12.0. The molecule has 0 N–H and O–H groups in total. The fourth-order valence-electron chi connectivity index (χ4n) is 2.07. The minimum atomic E-state index is -0.194. The summed E-state index contributed by atoms with van der Waals surface area (Å²) in [6.45, 7) is 2.72. The molecule has 0 radical (unpaired) electrons. The Morgan fingerprint density at radius 3 is 2.89 bits per heavy atom. The van der Waals surface area contributed by atoms with E-state index in [4.69, 9.17) is 16.3 Å². The summed E-state index contributed by atoms with van der Waals surface area (Å²) in [5.41, 5.74) is 0.248. The predicted octanol–water partition coefficient (Wildman–Crippen LogP) is 1.61. The standard InChI is InChI=1S/C12H17ClN4O2/c1-4-8(5-6-19-3)10-14-7-9-11(18)16(2)12(13)15-17(9)10/h7-8H,4-6H2,1-3H3. The first-order valence-corrected chi connectivity index (χ1v) is 6.57. The minimum Gasteiger partial charge on any atom is -0.385 e. The summed E-state index contributed by atoms with van der Waals surface area (Å²) < 4.78 is 7.96. The van der Waals surface area contributed by atoms with Gasteiger partial charge in [-0.05, 0) is 24.4 Å². The molecule has 2 aromatic heterocycles. The van der Waals surface area contributed by atoms with Crippen molar-refractivity contribution in [2.24, 2.45) is 7.05 Å². The van der Waals surface area contributed by atoms with Crippen molar-refractivity contribution in [1.29, 1.82) is 0 Å². The van der Waals surface area contributed by atoms with Crippen LogP contribution in [0.5, 0.6) is 0 Å². The molecule has 2 rings (SSSR count). The summed E-state index contributed by atoms with van der Waals surface area (Å²) in [7, 11) is 3.26. The maximum absolute atomic E-state index is 12.0. The zero-order valence-electron chi connectivity index (χ0n) is 11.3. The van der Waals surface area contributed by atoms with Crippen LogP contribution in [0.25, 0.3) is 5.52 Å². The third-order valence-corrected chi connectivity index (χ3v) is 3.60. The van der Waals surface area contributed by atoms with E-state index in [0.717, 1.165) is 18.7 Å². The van der Waals surface area contributed by atoms with Gasteiger partial charge in [-0.2, -0.15) is 0 Å². The number of halogens is 1. The fourth-order valence-corrected chi connectivity index (χ4v) is 2.22. The number of imidazole rings is 1. The molecule has 0 fully saturated rings. The number of methoxy groups -OCH3 is 1. The highest BCUT2D eigenvalue weighted by Gasteiger charge is 2.18. The number of hydrogen-bond donors (Lipinski definition) is 0. The lowest BCUT2D eigenvalue weighted by atomic mass is 10.0. The molecule has 0 amide bonds. The highest BCUT2D eigenvalue weighted by atomic mass is 35.5. The molecule has 0 saturated heterocycles. The molecule has 0 aliphatic heterocycles. The summed E-state index contributed by atoms with van der Waals surface area (Å²) in [6, 6.07) is 0. The number of ether oxygens (including phenoxy) is 1. The Hall–Kier alpha value is -1.40. The largest absolute Gasteiger partial charge is 0.385 e. The Bertz CT molecular complexity index is 634. The van der Waals surface area contributed by atoms with Gasteiger partial charge in [0, 0.05) is 26.7 Å². The number of aromatic nitrogens is 4. The lowest BCUT2D eigenvalue weighted by Gasteiger charge is -2.13. The van der Waals surface area contributed by atoms with Gasteiger partial charge in [-0.25, -0.2) is 9.50 Å². The van der Waals surface area contributed by atoms with E-state index in [-0.39, 0.29) is 16.8 Å². The van der Waals surface area contributed by atoms with Crippen LogP contribution in [0, 0.1) is 0 Å². The Balaban J connectivity index is 2.53. The fraction of sp³-hybridized carbons (Fsp3) is 0.583. The molecule has 0 aliphatic carbocycles. The van der Waals surface area contributed by atoms with Crippen LogP contribution in [0.1, 0.15) is 31.5 Å². The molecule has 0 spiro atoms. The molecule has 0 aromatic carbocycles. The maximum atomic E-state index is 12.0. The van der Waals surface area contributed by atoms with E-state index < -0.39 is 0 Å². The van der Waals surface area contributed by atoms with Crippen LogP contribution in [0.3, 0.4) is 0 Å². The van der Waals surface area contributed by atoms with Crippen molar-refractivity contribution in [3.63, 3.8) is 0 Å². The topological polar surface area (TPSA) is 61.4 Å². The van der Waals surface area contributed by atoms with Crippen LogP contribution in [-0.4, -0.2) is 32.9 Å². The van der Waals surface area contributed by atoms with Gasteiger partial charge in [0.1, 0.15) is 5.82 Å². The van der Waals surface area contributed by atoms with E-state index >= 15 is 0 Å². The van der Waals surface area contributed by atoms with Crippen molar-refractivity contribution in [3.8, 4) is 0 Å². The lowest BCUT2D eigenvalue weighted by Crippen LogP contribution is -2.22. The van der Waals surface area contributed by atoms with E-state index in [1.54, 1.807) is 24.9 Å². The van der Waals surface area contributed by atoms with Gasteiger partial charge in [-0.3, -0.25) is 9.36 Å². The van der Waals surface area contributed by atoms with Crippen molar-refractivity contribution >= 4 is 17.1 Å². The Morgan fingerprint density at radius 2 is 2.26 bits per heavy atom. The molecule has 0 saturated carbocycles. The Labute approximate surface area is 116 Å². The smallest absolute Gasteiger partial charge is 0.280 e. The number of fused-ring (bicyclic) bond motifs is 1. The molecule has 7 heteroatoms. The van der Waals surface area contributed by atoms with Crippen molar-refractivity contribution in [1.82, 2.24) is 19.2 Å². The van der Waals surface area contributed by atoms with Crippen molar-refractivity contribution in [3.05, 3.63) is 27.7 Å². The maximum Gasteiger partial charge on any atom is 0.280 e. The highest BCUT2D eigenvalue weighted by Crippen LogP contribution is 2.22. The van der Waals surface area contributed by atoms with Crippen LogP contribution in [-0.2, 0) is 11.8 Å². The predicted molar refractivity (Wildman–Crippen MR) is 72.8 cm³/mol. The second-order valence-corrected chi connectivity index (χ2v) is 4.77. The Kier molecular flexibility index (Phi) is 4.21. The average molecular weight is 285 g/mol.